The van der Waals surface area contributed by atoms with E-state index in [4.69, 9.17) is 4.74 Å². The van der Waals surface area contributed by atoms with Crippen LogP contribution in [0.4, 0.5) is 0 Å². The predicted octanol–water partition coefficient (Wildman–Crippen LogP) is 0.190. The van der Waals surface area contributed by atoms with Gasteiger partial charge >= 0.3 is 5.97 Å². The lowest BCUT2D eigenvalue weighted by Crippen LogP contribution is -2.52. The molecule has 1 unspecified atom stereocenters. The summed E-state index contributed by atoms with van der Waals surface area (Å²) in [6, 6.07) is 0.0447. The predicted molar refractivity (Wildman–Crippen MR) is 83.5 cm³/mol. The van der Waals surface area contributed by atoms with E-state index in [-0.39, 0.29) is 17.9 Å². The van der Waals surface area contributed by atoms with E-state index >= 15 is 0 Å². The van der Waals surface area contributed by atoms with Gasteiger partial charge in [0.1, 0.15) is 0 Å². The quantitative estimate of drug-likeness (QED) is 0.702. The molecule has 0 aromatic heterocycles. The molecule has 0 saturated carbocycles. The molecule has 0 aromatic carbocycles. The van der Waals surface area contributed by atoms with Crippen molar-refractivity contribution in [3.8, 4) is 0 Å². The number of carbonyl (C=O) groups is 1. The summed E-state index contributed by atoms with van der Waals surface area (Å²) < 4.78 is 33.8. The molecule has 2 aliphatic rings. The SMILES string of the molecule is CCCN(C1CCNC1)S(=O)(=O)N1CCC(C(=O)OC)CC1. The Bertz CT molecular complexity index is 468. The van der Waals surface area contributed by atoms with Gasteiger partial charge < -0.3 is 10.1 Å². The lowest BCUT2D eigenvalue weighted by Gasteiger charge is -2.36. The van der Waals surface area contributed by atoms with E-state index in [0.717, 1.165) is 25.9 Å². The molecule has 0 aliphatic carbocycles. The van der Waals surface area contributed by atoms with Gasteiger partial charge in [-0.05, 0) is 32.2 Å². The summed E-state index contributed by atoms with van der Waals surface area (Å²) >= 11 is 0. The van der Waals surface area contributed by atoms with Crippen LogP contribution in [0, 0.1) is 5.92 Å². The third-order valence-corrected chi connectivity index (χ3v) is 6.59. The Balaban J connectivity index is 2.03. The fourth-order valence-electron chi connectivity index (χ4n) is 3.23. The molecule has 0 amide bonds. The zero-order chi connectivity index (χ0) is 16.2. The number of carbonyl (C=O) groups excluding carboxylic acids is 1. The standard InChI is InChI=1S/C14H27N3O4S/c1-3-8-17(13-4-7-15-11-13)22(19,20)16-9-5-12(6-10-16)14(18)21-2/h12-13,15H,3-11H2,1-2H3. The fraction of sp³-hybridized carbons (Fsp3) is 0.929. The summed E-state index contributed by atoms with van der Waals surface area (Å²) in [5.41, 5.74) is 0. The summed E-state index contributed by atoms with van der Waals surface area (Å²) in [5.74, 6) is -0.410. The highest BCUT2D eigenvalue weighted by Gasteiger charge is 2.38. The van der Waals surface area contributed by atoms with Crippen molar-refractivity contribution in [2.75, 3.05) is 39.8 Å². The molecule has 22 heavy (non-hydrogen) atoms. The molecule has 2 rings (SSSR count). The molecule has 0 spiro atoms. The number of nitrogens with one attached hydrogen (secondary N) is 1. The average molecular weight is 333 g/mol. The molecule has 0 aromatic rings. The lowest BCUT2D eigenvalue weighted by atomic mass is 9.99. The molecule has 2 aliphatic heterocycles. The third kappa shape index (κ3) is 3.79. The Morgan fingerprint density at radius 3 is 2.50 bits per heavy atom. The third-order valence-electron chi connectivity index (χ3n) is 4.50. The van der Waals surface area contributed by atoms with Crippen LogP contribution in [0.5, 0.6) is 0 Å². The molecule has 7 nitrogen and oxygen atoms in total. The Kier molecular flexibility index (Phi) is 6.19. The van der Waals surface area contributed by atoms with Gasteiger partial charge in [0.05, 0.1) is 13.0 Å². The summed E-state index contributed by atoms with van der Waals surface area (Å²) in [6.45, 7) is 4.91. The van der Waals surface area contributed by atoms with Crippen LogP contribution in [-0.4, -0.2) is 68.9 Å². The summed E-state index contributed by atoms with van der Waals surface area (Å²) in [4.78, 5) is 11.6. The zero-order valence-corrected chi connectivity index (χ0v) is 14.3. The van der Waals surface area contributed by atoms with Gasteiger partial charge in [-0.3, -0.25) is 4.79 Å². The Morgan fingerprint density at radius 1 is 1.32 bits per heavy atom. The average Bonchev–Trinajstić information content (AvgIpc) is 3.05. The first-order valence-electron chi connectivity index (χ1n) is 8.06. The molecule has 2 heterocycles. The van der Waals surface area contributed by atoms with Crippen LogP contribution < -0.4 is 5.32 Å². The number of hydrogen-bond acceptors (Lipinski definition) is 5. The maximum absolute atomic E-state index is 12.9. The molecule has 0 radical (unpaired) electrons. The summed E-state index contributed by atoms with van der Waals surface area (Å²) in [7, 11) is -2.07. The number of nitrogens with zero attached hydrogens (tertiary/aromatic N) is 2. The Hall–Kier alpha value is -0.700. The number of piperidine rings is 1. The van der Waals surface area contributed by atoms with Crippen LogP contribution in [-0.2, 0) is 19.7 Å². The molecular weight excluding hydrogens is 306 g/mol. The van der Waals surface area contributed by atoms with Crippen molar-refractivity contribution in [1.82, 2.24) is 13.9 Å². The highest BCUT2D eigenvalue weighted by atomic mass is 32.2. The van der Waals surface area contributed by atoms with Gasteiger partial charge in [-0.15, -0.1) is 0 Å². The number of methoxy groups -OCH3 is 1. The highest BCUT2D eigenvalue weighted by molar-refractivity contribution is 7.86. The van der Waals surface area contributed by atoms with Crippen molar-refractivity contribution in [3.63, 3.8) is 0 Å². The number of ether oxygens (including phenoxy) is 1. The number of rotatable bonds is 6. The molecule has 8 heteroatoms. The topological polar surface area (TPSA) is 79.0 Å². The van der Waals surface area contributed by atoms with Crippen LogP contribution in [0.25, 0.3) is 0 Å². The Morgan fingerprint density at radius 2 is 2.00 bits per heavy atom. The summed E-state index contributed by atoms with van der Waals surface area (Å²) in [6.07, 6.45) is 2.73. The van der Waals surface area contributed by atoms with Crippen LogP contribution in [0.3, 0.4) is 0 Å². The van der Waals surface area contributed by atoms with E-state index in [0.29, 0.717) is 32.5 Å². The van der Waals surface area contributed by atoms with Gasteiger partial charge in [0.15, 0.2) is 0 Å². The molecule has 128 valence electrons. The second-order valence-electron chi connectivity index (χ2n) is 5.96. The minimum absolute atomic E-state index is 0.0447. The smallest absolute Gasteiger partial charge is 0.308 e. The maximum Gasteiger partial charge on any atom is 0.308 e. The second-order valence-corrected chi connectivity index (χ2v) is 7.84. The minimum Gasteiger partial charge on any atom is -0.469 e. The van der Waals surface area contributed by atoms with Crippen LogP contribution in [0.15, 0.2) is 0 Å². The maximum atomic E-state index is 12.9. The van der Waals surface area contributed by atoms with Gasteiger partial charge in [-0.2, -0.15) is 17.0 Å². The lowest BCUT2D eigenvalue weighted by molar-refractivity contribution is -0.146. The second kappa shape index (κ2) is 7.72. The van der Waals surface area contributed by atoms with Crippen molar-refractivity contribution < 1.29 is 17.9 Å². The normalized spacial score (nSPS) is 24.8. The monoisotopic (exact) mass is 333 g/mol. The molecule has 2 fully saturated rings. The molecular formula is C14H27N3O4S. The van der Waals surface area contributed by atoms with Gasteiger partial charge in [-0.25, -0.2) is 0 Å². The van der Waals surface area contributed by atoms with Gasteiger partial charge in [0.25, 0.3) is 10.2 Å². The molecule has 0 bridgehead atoms. The molecule has 1 N–H and O–H groups in total. The highest BCUT2D eigenvalue weighted by Crippen LogP contribution is 2.24. The molecule has 2 saturated heterocycles. The first-order valence-corrected chi connectivity index (χ1v) is 9.45. The van der Waals surface area contributed by atoms with Gasteiger partial charge in [0, 0.05) is 32.2 Å². The van der Waals surface area contributed by atoms with E-state index in [9.17, 15) is 13.2 Å². The molecule has 1 atom stereocenters. The number of esters is 1. The largest absolute Gasteiger partial charge is 0.469 e. The zero-order valence-electron chi connectivity index (χ0n) is 13.5. The van der Waals surface area contributed by atoms with Crippen molar-refractivity contribution in [3.05, 3.63) is 0 Å². The summed E-state index contributed by atoms with van der Waals surface area (Å²) in [5, 5.41) is 3.23. The van der Waals surface area contributed by atoms with Crippen LogP contribution >= 0.6 is 0 Å². The van der Waals surface area contributed by atoms with E-state index in [1.165, 1.54) is 11.4 Å². The number of hydrogen-bond donors (Lipinski definition) is 1. The Labute approximate surface area is 133 Å². The van der Waals surface area contributed by atoms with Crippen molar-refractivity contribution in [1.29, 1.82) is 0 Å². The fourth-order valence-corrected chi connectivity index (χ4v) is 5.17. The van der Waals surface area contributed by atoms with Gasteiger partial charge in [-0.1, -0.05) is 6.92 Å². The van der Waals surface area contributed by atoms with Crippen LogP contribution in [0.1, 0.15) is 32.6 Å². The van der Waals surface area contributed by atoms with E-state index in [2.05, 4.69) is 5.32 Å². The van der Waals surface area contributed by atoms with E-state index < -0.39 is 10.2 Å². The van der Waals surface area contributed by atoms with Gasteiger partial charge in [0.2, 0.25) is 0 Å². The van der Waals surface area contributed by atoms with Crippen molar-refractivity contribution in [2.24, 2.45) is 5.92 Å². The van der Waals surface area contributed by atoms with E-state index in [1.807, 2.05) is 6.92 Å². The van der Waals surface area contributed by atoms with Crippen LogP contribution in [0.2, 0.25) is 0 Å². The van der Waals surface area contributed by atoms with Crippen molar-refractivity contribution in [2.45, 2.75) is 38.6 Å². The first-order chi connectivity index (χ1) is 10.5. The van der Waals surface area contributed by atoms with Crippen molar-refractivity contribution >= 4 is 16.2 Å². The minimum atomic E-state index is -3.45. The first kappa shape index (κ1) is 17.7. The van der Waals surface area contributed by atoms with E-state index in [1.54, 1.807) is 4.31 Å².